The molecule has 0 unspecified atom stereocenters. The number of anilines is 2. The maximum Gasteiger partial charge on any atom is 0.255 e. The summed E-state index contributed by atoms with van der Waals surface area (Å²) in [6.45, 7) is -0.427. The number of hydrogen-bond acceptors (Lipinski definition) is 2. The Bertz CT molecular complexity index is 335. The molecule has 0 saturated carbocycles. The first-order valence-corrected chi connectivity index (χ1v) is 4.91. The summed E-state index contributed by atoms with van der Waals surface area (Å²) >= 11 is 11.7. The van der Waals surface area contributed by atoms with Crippen LogP contribution in [0.25, 0.3) is 0 Å². The van der Waals surface area contributed by atoms with E-state index in [1.807, 2.05) is 0 Å². The largest absolute Gasteiger partial charge is 0.399 e. The molecule has 0 fully saturated rings. The average Bonchev–Trinajstić information content (AvgIpc) is 1.99. The average molecular weight is 255 g/mol. The van der Waals surface area contributed by atoms with Crippen LogP contribution < -0.4 is 10.6 Å². The summed E-state index contributed by atoms with van der Waals surface area (Å²) in [5.74, 6) is 0. The Kier molecular flexibility index (Phi) is 3.99. The molecule has 0 amide bonds. The minimum absolute atomic E-state index is 0.267. The second-order valence-corrected chi connectivity index (χ2v) is 3.92. The Hall–Kier alpha value is -0.740. The SMILES string of the molecule is CN(CC(F)F)c1c(Cl)cc(N)cc1Cl. The minimum Gasteiger partial charge on any atom is -0.399 e. The van der Waals surface area contributed by atoms with Gasteiger partial charge in [0.15, 0.2) is 0 Å². The van der Waals surface area contributed by atoms with Crippen LogP contribution in [0.5, 0.6) is 0 Å². The number of hydrogen-bond donors (Lipinski definition) is 1. The molecule has 6 heteroatoms. The molecule has 0 spiro atoms. The molecule has 0 atom stereocenters. The number of alkyl halides is 2. The molecule has 0 saturated heterocycles. The molecule has 0 aliphatic heterocycles. The van der Waals surface area contributed by atoms with E-state index in [4.69, 9.17) is 28.9 Å². The zero-order valence-corrected chi connectivity index (χ0v) is 9.49. The zero-order chi connectivity index (χ0) is 11.6. The van der Waals surface area contributed by atoms with E-state index in [0.29, 0.717) is 11.4 Å². The lowest BCUT2D eigenvalue weighted by Crippen LogP contribution is -2.24. The van der Waals surface area contributed by atoms with E-state index in [1.54, 1.807) is 0 Å². The molecule has 1 aromatic carbocycles. The van der Waals surface area contributed by atoms with Crippen LogP contribution in [0.15, 0.2) is 12.1 Å². The maximum absolute atomic E-state index is 12.2. The monoisotopic (exact) mass is 254 g/mol. The van der Waals surface area contributed by atoms with Gasteiger partial charge in [0.05, 0.1) is 22.3 Å². The second-order valence-electron chi connectivity index (χ2n) is 3.10. The molecule has 0 bridgehead atoms. The third-order valence-corrected chi connectivity index (χ3v) is 2.41. The molecule has 15 heavy (non-hydrogen) atoms. The van der Waals surface area contributed by atoms with Gasteiger partial charge in [-0.15, -0.1) is 0 Å². The Labute approximate surface area is 96.6 Å². The summed E-state index contributed by atoms with van der Waals surface area (Å²) < 4.78 is 24.3. The molecule has 1 rings (SSSR count). The molecule has 0 aromatic heterocycles. The summed E-state index contributed by atoms with van der Waals surface area (Å²) in [5.41, 5.74) is 6.26. The van der Waals surface area contributed by atoms with Gasteiger partial charge in [0.2, 0.25) is 0 Å². The van der Waals surface area contributed by atoms with Crippen molar-refractivity contribution in [3.63, 3.8) is 0 Å². The highest BCUT2D eigenvalue weighted by Crippen LogP contribution is 2.35. The lowest BCUT2D eigenvalue weighted by Gasteiger charge is -2.21. The lowest BCUT2D eigenvalue weighted by atomic mass is 10.2. The van der Waals surface area contributed by atoms with Crippen molar-refractivity contribution < 1.29 is 8.78 Å². The molecule has 2 N–H and O–H groups in total. The molecular formula is C9H10Cl2F2N2. The molecular weight excluding hydrogens is 245 g/mol. The summed E-state index contributed by atoms with van der Waals surface area (Å²) in [6, 6.07) is 2.95. The summed E-state index contributed by atoms with van der Waals surface area (Å²) in [4.78, 5) is 1.30. The van der Waals surface area contributed by atoms with E-state index in [9.17, 15) is 8.78 Å². The molecule has 0 aliphatic carbocycles. The highest BCUT2D eigenvalue weighted by Gasteiger charge is 2.15. The van der Waals surface area contributed by atoms with Crippen LogP contribution in [0.3, 0.4) is 0 Å². The van der Waals surface area contributed by atoms with E-state index < -0.39 is 13.0 Å². The van der Waals surface area contributed by atoms with Gasteiger partial charge < -0.3 is 10.6 Å². The van der Waals surface area contributed by atoms with Crippen LogP contribution in [0.4, 0.5) is 20.2 Å². The molecule has 2 nitrogen and oxygen atoms in total. The Morgan fingerprint density at radius 1 is 1.33 bits per heavy atom. The van der Waals surface area contributed by atoms with Crippen LogP contribution >= 0.6 is 23.2 Å². The van der Waals surface area contributed by atoms with Crippen molar-refractivity contribution in [1.82, 2.24) is 0 Å². The summed E-state index contributed by atoms with van der Waals surface area (Å²) in [6.07, 6.45) is -2.44. The number of nitrogens with zero attached hydrogens (tertiary/aromatic N) is 1. The van der Waals surface area contributed by atoms with Crippen molar-refractivity contribution in [2.45, 2.75) is 6.43 Å². The van der Waals surface area contributed by atoms with Crippen molar-refractivity contribution >= 4 is 34.6 Å². The van der Waals surface area contributed by atoms with Crippen molar-refractivity contribution in [2.75, 3.05) is 24.2 Å². The van der Waals surface area contributed by atoms with Crippen LogP contribution in [0.1, 0.15) is 0 Å². The van der Waals surface area contributed by atoms with Crippen LogP contribution in [-0.2, 0) is 0 Å². The van der Waals surface area contributed by atoms with Gasteiger partial charge in [-0.3, -0.25) is 0 Å². The van der Waals surface area contributed by atoms with E-state index in [2.05, 4.69) is 0 Å². The fraction of sp³-hybridized carbons (Fsp3) is 0.333. The third-order valence-electron chi connectivity index (χ3n) is 1.83. The quantitative estimate of drug-likeness (QED) is 0.840. The highest BCUT2D eigenvalue weighted by atomic mass is 35.5. The third kappa shape index (κ3) is 3.11. The van der Waals surface area contributed by atoms with E-state index >= 15 is 0 Å². The topological polar surface area (TPSA) is 29.3 Å². The number of benzene rings is 1. The predicted molar refractivity (Wildman–Crippen MR) is 60.1 cm³/mol. The van der Waals surface area contributed by atoms with Gasteiger partial charge in [0, 0.05) is 12.7 Å². The van der Waals surface area contributed by atoms with Gasteiger partial charge in [-0.2, -0.15) is 0 Å². The molecule has 0 radical (unpaired) electrons. The van der Waals surface area contributed by atoms with Crippen LogP contribution in [0.2, 0.25) is 10.0 Å². The number of halogens is 4. The Morgan fingerprint density at radius 3 is 2.20 bits per heavy atom. The fourth-order valence-corrected chi connectivity index (χ4v) is 2.04. The van der Waals surface area contributed by atoms with Crippen molar-refractivity contribution in [3.05, 3.63) is 22.2 Å². The zero-order valence-electron chi connectivity index (χ0n) is 7.98. The van der Waals surface area contributed by atoms with Crippen molar-refractivity contribution in [3.8, 4) is 0 Å². The number of nitrogens with two attached hydrogens (primary N) is 1. The molecule has 1 aromatic rings. The fourth-order valence-electron chi connectivity index (χ4n) is 1.25. The van der Waals surface area contributed by atoms with E-state index in [1.165, 1.54) is 24.1 Å². The number of rotatable bonds is 3. The van der Waals surface area contributed by atoms with Crippen LogP contribution in [0, 0.1) is 0 Å². The minimum atomic E-state index is -2.44. The standard InChI is InChI=1S/C9H10Cl2F2N2/c1-15(4-8(12)13)9-6(10)2-5(14)3-7(9)11/h2-3,8H,4,14H2,1H3. The van der Waals surface area contributed by atoms with Gasteiger partial charge >= 0.3 is 0 Å². The molecule has 84 valence electrons. The molecule has 0 heterocycles. The first-order chi connectivity index (χ1) is 6.91. The Balaban J connectivity index is 3.03. The van der Waals surface area contributed by atoms with Gasteiger partial charge in [-0.05, 0) is 12.1 Å². The summed E-state index contributed by atoms with van der Waals surface area (Å²) in [5, 5.41) is 0.534. The van der Waals surface area contributed by atoms with Crippen LogP contribution in [-0.4, -0.2) is 20.0 Å². The first kappa shape index (κ1) is 12.3. The highest BCUT2D eigenvalue weighted by molar-refractivity contribution is 6.39. The van der Waals surface area contributed by atoms with Gasteiger partial charge in [-0.25, -0.2) is 8.78 Å². The predicted octanol–water partition coefficient (Wildman–Crippen LogP) is 3.28. The smallest absolute Gasteiger partial charge is 0.255 e. The van der Waals surface area contributed by atoms with Gasteiger partial charge in [-0.1, -0.05) is 23.2 Å². The van der Waals surface area contributed by atoms with E-state index in [0.717, 1.165) is 0 Å². The van der Waals surface area contributed by atoms with E-state index in [-0.39, 0.29) is 10.0 Å². The maximum atomic E-state index is 12.2. The normalized spacial score (nSPS) is 10.8. The van der Waals surface area contributed by atoms with Gasteiger partial charge in [0.1, 0.15) is 0 Å². The first-order valence-electron chi connectivity index (χ1n) is 4.15. The second kappa shape index (κ2) is 4.86. The van der Waals surface area contributed by atoms with Crippen molar-refractivity contribution in [2.24, 2.45) is 0 Å². The number of nitrogen functional groups attached to an aromatic ring is 1. The summed E-state index contributed by atoms with van der Waals surface area (Å²) in [7, 11) is 1.50. The molecule has 0 aliphatic rings. The lowest BCUT2D eigenvalue weighted by molar-refractivity contribution is 0.156. The van der Waals surface area contributed by atoms with Gasteiger partial charge in [0.25, 0.3) is 6.43 Å². The van der Waals surface area contributed by atoms with Crippen molar-refractivity contribution in [1.29, 1.82) is 0 Å². The Morgan fingerprint density at radius 2 is 1.80 bits per heavy atom.